The summed E-state index contributed by atoms with van der Waals surface area (Å²) >= 11 is 0. The predicted octanol–water partition coefficient (Wildman–Crippen LogP) is 5.33. The lowest BCUT2D eigenvalue weighted by atomic mass is 10.1. The first-order valence-electron chi connectivity index (χ1n) is 18.4. The van der Waals surface area contributed by atoms with Gasteiger partial charge in [-0.05, 0) is 55.2 Å². The van der Waals surface area contributed by atoms with Crippen molar-refractivity contribution in [2.45, 2.75) is 67.0 Å². The summed E-state index contributed by atoms with van der Waals surface area (Å²) in [5.41, 5.74) is 14.2. The highest BCUT2D eigenvalue weighted by atomic mass is 19.1. The average molecular weight is 827 g/mol. The van der Waals surface area contributed by atoms with E-state index < -0.39 is 16.6 Å². The van der Waals surface area contributed by atoms with Crippen molar-refractivity contribution in [1.82, 2.24) is 19.9 Å². The Kier molecular flexibility index (Phi) is 20.5. The molecule has 0 atom stereocenters. The van der Waals surface area contributed by atoms with Crippen LogP contribution in [0.1, 0.15) is 76.1 Å². The van der Waals surface area contributed by atoms with Crippen LogP contribution in [-0.2, 0) is 27.4 Å². The zero-order valence-corrected chi connectivity index (χ0v) is 32.9. The lowest BCUT2D eigenvalue weighted by Crippen LogP contribution is -2.39. The Bertz CT molecular complexity index is 2150. The molecule has 1 aliphatic heterocycles. The quantitative estimate of drug-likeness (QED) is 0.0399. The molecule has 2 aromatic carbocycles. The molecule has 19 nitrogen and oxygen atoms in total. The monoisotopic (exact) mass is 826 g/mol. The van der Waals surface area contributed by atoms with Gasteiger partial charge in [-0.2, -0.15) is 30.5 Å². The second-order valence-corrected chi connectivity index (χ2v) is 12.5. The molecule has 0 bridgehead atoms. The molecule has 3 heterocycles. The van der Waals surface area contributed by atoms with Crippen molar-refractivity contribution in [3.8, 4) is 24.2 Å². The van der Waals surface area contributed by atoms with E-state index in [0.29, 0.717) is 48.0 Å². The van der Waals surface area contributed by atoms with E-state index in [9.17, 15) is 19.7 Å². The topological polar surface area (TPSA) is 275 Å². The van der Waals surface area contributed by atoms with Gasteiger partial charge in [-0.15, -0.1) is 0 Å². The number of halogens is 1. The Labute approximate surface area is 349 Å². The number of nitrogen functional groups attached to an aromatic ring is 2. The number of nitrogens with zero attached hydrogens (tertiary/aromatic N) is 9. The Morgan fingerprint density at radius 3 is 2.08 bits per heavy atom. The number of nitrogens with one attached hydrogen (secondary N) is 1. The SMILES string of the molecule is C.CCCCOc1nc(N)c([N+](=O)[O-])c(N(CC(=O)OCC)Cc2cccc(C#N)c2)n1.CCCCOc1nc(N)c2c(n1)N(Cc1cccc(C#N)c1)CC(=O)N2.[B]F. The van der Waals surface area contributed by atoms with Gasteiger partial charge in [0.05, 0.1) is 54.6 Å². The molecule has 316 valence electrons. The van der Waals surface area contributed by atoms with Gasteiger partial charge in [0, 0.05) is 13.1 Å². The number of aromatic nitrogens is 4. The van der Waals surface area contributed by atoms with Gasteiger partial charge in [0.1, 0.15) is 12.2 Å². The molecule has 0 saturated carbocycles. The van der Waals surface area contributed by atoms with Crippen LogP contribution in [0.15, 0.2) is 48.5 Å². The van der Waals surface area contributed by atoms with Gasteiger partial charge in [-0.3, -0.25) is 19.7 Å². The highest BCUT2D eigenvalue weighted by molar-refractivity contribution is 6.03. The molecule has 0 spiro atoms. The molecule has 0 fully saturated rings. The van der Waals surface area contributed by atoms with Gasteiger partial charge in [0.15, 0.2) is 11.6 Å². The van der Waals surface area contributed by atoms with Crippen molar-refractivity contribution < 1.29 is 33.0 Å². The third-order valence-corrected chi connectivity index (χ3v) is 8.09. The molecule has 0 saturated heterocycles. The zero-order valence-electron chi connectivity index (χ0n) is 32.9. The number of esters is 1. The zero-order chi connectivity index (χ0) is 43.3. The van der Waals surface area contributed by atoms with Crippen LogP contribution in [0.2, 0.25) is 0 Å². The van der Waals surface area contributed by atoms with E-state index in [4.69, 9.17) is 40.5 Å². The number of nitro groups is 1. The Morgan fingerprint density at radius 1 is 0.950 bits per heavy atom. The first kappa shape index (κ1) is 48.9. The molecule has 0 aliphatic carbocycles. The number of rotatable bonds is 17. The molecule has 1 amide bonds. The third-order valence-electron chi connectivity index (χ3n) is 8.09. The highest BCUT2D eigenvalue weighted by Crippen LogP contribution is 2.35. The lowest BCUT2D eigenvalue weighted by Gasteiger charge is -2.30. The highest BCUT2D eigenvalue weighted by Gasteiger charge is 2.30. The third kappa shape index (κ3) is 14.3. The maximum Gasteiger partial charge on any atom is 0.353 e. The van der Waals surface area contributed by atoms with Crippen molar-refractivity contribution in [3.05, 3.63) is 80.9 Å². The summed E-state index contributed by atoms with van der Waals surface area (Å²) < 4.78 is 25.1. The lowest BCUT2D eigenvalue weighted by molar-refractivity contribution is -0.383. The first-order chi connectivity index (χ1) is 28.5. The van der Waals surface area contributed by atoms with Crippen LogP contribution >= 0.6 is 0 Å². The molecule has 2 radical (unpaired) electrons. The van der Waals surface area contributed by atoms with E-state index in [0.717, 1.165) is 31.2 Å². The Balaban J connectivity index is 0.000000395. The van der Waals surface area contributed by atoms with E-state index >= 15 is 0 Å². The second-order valence-electron chi connectivity index (χ2n) is 12.5. The number of hydrogen-bond donors (Lipinski definition) is 3. The molecular formula is C39H48BFN12O7. The minimum atomic E-state index is -0.704. The minimum absolute atomic E-state index is 0. The van der Waals surface area contributed by atoms with Crippen LogP contribution in [0.25, 0.3) is 0 Å². The fourth-order valence-corrected chi connectivity index (χ4v) is 5.42. The fourth-order valence-electron chi connectivity index (χ4n) is 5.42. The Morgan fingerprint density at radius 2 is 1.52 bits per heavy atom. The van der Waals surface area contributed by atoms with E-state index in [1.807, 2.05) is 25.1 Å². The maximum atomic E-state index is 12.2. The summed E-state index contributed by atoms with van der Waals surface area (Å²) in [5.74, 6) is -0.639. The summed E-state index contributed by atoms with van der Waals surface area (Å²) in [6.45, 7) is 6.94. The molecule has 5 rings (SSSR count). The van der Waals surface area contributed by atoms with Gasteiger partial charge in [-0.1, -0.05) is 58.4 Å². The van der Waals surface area contributed by atoms with Gasteiger partial charge < -0.3 is 45.1 Å². The molecule has 60 heavy (non-hydrogen) atoms. The first-order valence-corrected chi connectivity index (χ1v) is 18.4. The van der Waals surface area contributed by atoms with E-state index in [1.54, 1.807) is 48.2 Å². The largest absolute Gasteiger partial charge is 0.465 e. The van der Waals surface area contributed by atoms with Crippen molar-refractivity contribution >= 4 is 54.6 Å². The fraction of sp³-hybridized carbons (Fsp3) is 0.385. The molecule has 4 aromatic rings. The summed E-state index contributed by atoms with van der Waals surface area (Å²) in [5, 5.41) is 32.6. The number of anilines is 5. The average Bonchev–Trinajstić information content (AvgIpc) is 3.22. The van der Waals surface area contributed by atoms with Crippen LogP contribution in [0.3, 0.4) is 0 Å². The molecule has 1 aliphatic rings. The standard InChI is InChI=1S/C20H24N6O5.C18H20N6O2.CH4.BF/c1-3-5-9-31-20-23-18(22)17(26(28)29)19(24-20)25(13-16(27)30-4-2)12-15-8-6-7-14(10-15)11-21;1-2-3-7-26-18-22-16(20)15-17(23-18)24(11-14(25)21-15)10-13-6-4-5-12(8-13)9-19;;1-2/h6-8,10H,3-5,9,12-13H2,1-2H3,(H2,22,23,24);4-6,8H,2-3,7,10-11H2,1H3,(H,21,25)(H2,20,22,23);1H4;. The van der Waals surface area contributed by atoms with E-state index in [2.05, 4.69) is 46.4 Å². The van der Waals surface area contributed by atoms with Crippen LogP contribution in [0, 0.1) is 32.8 Å². The van der Waals surface area contributed by atoms with Gasteiger partial charge in [0.25, 0.3) is 0 Å². The summed E-state index contributed by atoms with van der Waals surface area (Å²) in [4.78, 5) is 55.0. The number of carbonyl (C=O) groups is 2. The smallest absolute Gasteiger partial charge is 0.353 e. The molecule has 2 aromatic heterocycles. The number of hydrogen-bond acceptors (Lipinski definition) is 17. The van der Waals surface area contributed by atoms with Crippen molar-refractivity contribution in [2.24, 2.45) is 0 Å². The van der Waals surface area contributed by atoms with Gasteiger partial charge in [0.2, 0.25) is 17.5 Å². The van der Waals surface area contributed by atoms with Gasteiger partial charge in [-0.25, -0.2) is 0 Å². The van der Waals surface area contributed by atoms with Crippen molar-refractivity contribution in [1.29, 1.82) is 10.5 Å². The minimum Gasteiger partial charge on any atom is -0.465 e. The van der Waals surface area contributed by atoms with Crippen LogP contribution in [-0.4, -0.2) is 77.8 Å². The Hall–Kier alpha value is -7.29. The van der Waals surface area contributed by atoms with Crippen molar-refractivity contribution in [3.63, 3.8) is 0 Å². The predicted molar refractivity (Wildman–Crippen MR) is 224 cm³/mol. The number of carbonyl (C=O) groups excluding carboxylic acids is 2. The maximum absolute atomic E-state index is 12.2. The number of ether oxygens (including phenoxy) is 3. The summed E-state index contributed by atoms with van der Waals surface area (Å²) in [7, 11) is 3.00. The normalized spacial score (nSPS) is 11.0. The van der Waals surface area contributed by atoms with Crippen molar-refractivity contribution in [2.75, 3.05) is 59.5 Å². The number of amides is 1. The van der Waals surface area contributed by atoms with Crippen LogP contribution < -0.4 is 36.1 Å². The summed E-state index contributed by atoms with van der Waals surface area (Å²) in [6.07, 6.45) is 3.50. The molecule has 0 unspecified atom stereocenters. The molecule has 21 heteroatoms. The van der Waals surface area contributed by atoms with E-state index in [-0.39, 0.29) is 69.0 Å². The van der Waals surface area contributed by atoms with Crippen LogP contribution in [0.4, 0.5) is 39.0 Å². The summed E-state index contributed by atoms with van der Waals surface area (Å²) in [6, 6.07) is 18.1. The van der Waals surface area contributed by atoms with Crippen LogP contribution in [0.5, 0.6) is 12.0 Å². The number of nitrogens with two attached hydrogens (primary N) is 2. The van der Waals surface area contributed by atoms with Gasteiger partial charge >= 0.3 is 31.8 Å². The number of nitriles is 2. The van der Waals surface area contributed by atoms with E-state index in [1.165, 1.54) is 4.90 Å². The number of benzene rings is 2. The molecular weight excluding hydrogens is 778 g/mol. The number of fused-ring (bicyclic) bond motifs is 1. The number of unbranched alkanes of at least 4 members (excludes halogenated alkanes) is 2. The molecule has 5 N–H and O–H groups in total. The second kappa shape index (κ2) is 25.2.